The van der Waals surface area contributed by atoms with Gasteiger partial charge in [0.2, 0.25) is 0 Å². The van der Waals surface area contributed by atoms with E-state index in [1.165, 1.54) is 0 Å². The fourth-order valence-electron chi connectivity index (χ4n) is 3.29. The van der Waals surface area contributed by atoms with Gasteiger partial charge in [0.15, 0.2) is 0 Å². The fourth-order valence-corrected chi connectivity index (χ4v) is 3.70. The number of nitrogens with zero attached hydrogens (tertiary/aromatic N) is 1. The molecule has 0 aromatic heterocycles. The van der Waals surface area contributed by atoms with Crippen LogP contribution in [0.15, 0.2) is 83.5 Å². The second-order valence-corrected chi connectivity index (χ2v) is 8.28. The van der Waals surface area contributed by atoms with Gasteiger partial charge in [-0.1, -0.05) is 59.6 Å². The van der Waals surface area contributed by atoms with Gasteiger partial charge in [0, 0.05) is 22.0 Å². The number of amides is 3. The topological polar surface area (TPSA) is 78.5 Å². The van der Waals surface area contributed by atoms with Gasteiger partial charge >= 0.3 is 0 Å². The van der Waals surface area contributed by atoms with Crippen molar-refractivity contribution < 1.29 is 14.4 Å². The highest BCUT2D eigenvalue weighted by Crippen LogP contribution is 2.27. The van der Waals surface area contributed by atoms with Crippen molar-refractivity contribution in [2.75, 3.05) is 10.6 Å². The van der Waals surface area contributed by atoms with Crippen LogP contribution in [0.3, 0.4) is 0 Å². The summed E-state index contributed by atoms with van der Waals surface area (Å²) in [6.45, 7) is 2.01. The maximum absolute atomic E-state index is 12.8. The molecule has 0 fully saturated rings. The van der Waals surface area contributed by atoms with Gasteiger partial charge in [0.25, 0.3) is 17.7 Å². The lowest BCUT2D eigenvalue weighted by Crippen LogP contribution is -2.31. The summed E-state index contributed by atoms with van der Waals surface area (Å²) in [5, 5.41) is 6.08. The first-order valence-electron chi connectivity index (χ1n) is 10.1. The first-order chi connectivity index (χ1) is 15.8. The van der Waals surface area contributed by atoms with E-state index in [4.69, 9.17) is 23.2 Å². The second-order valence-electron chi connectivity index (χ2n) is 7.49. The molecule has 33 heavy (non-hydrogen) atoms. The van der Waals surface area contributed by atoms with Crippen molar-refractivity contribution in [1.82, 2.24) is 4.90 Å². The molecule has 0 saturated heterocycles. The number of imide groups is 1. The molecule has 3 aromatic rings. The van der Waals surface area contributed by atoms with E-state index in [-0.39, 0.29) is 23.2 Å². The number of aryl methyl sites for hydroxylation is 1. The molecule has 0 bridgehead atoms. The van der Waals surface area contributed by atoms with Crippen LogP contribution in [0.1, 0.15) is 21.5 Å². The van der Waals surface area contributed by atoms with Crippen molar-refractivity contribution >= 4 is 52.3 Å². The number of anilines is 2. The van der Waals surface area contributed by atoms with Crippen molar-refractivity contribution in [1.29, 1.82) is 0 Å². The van der Waals surface area contributed by atoms with Gasteiger partial charge in [-0.2, -0.15) is 0 Å². The van der Waals surface area contributed by atoms with E-state index in [1.807, 2.05) is 43.3 Å². The minimum Gasteiger partial charge on any atom is -0.350 e. The van der Waals surface area contributed by atoms with E-state index in [2.05, 4.69) is 10.6 Å². The number of rotatable bonds is 6. The third-order valence-corrected chi connectivity index (χ3v) is 5.90. The Hall–Kier alpha value is -3.61. The molecule has 0 spiro atoms. The molecule has 1 aliphatic rings. The summed E-state index contributed by atoms with van der Waals surface area (Å²) in [6.07, 6.45) is 0. The Balaban J connectivity index is 1.43. The molecule has 0 aliphatic carbocycles. The molecule has 0 atom stereocenters. The van der Waals surface area contributed by atoms with Crippen LogP contribution in [0.4, 0.5) is 11.4 Å². The summed E-state index contributed by atoms with van der Waals surface area (Å²) in [4.78, 5) is 38.9. The van der Waals surface area contributed by atoms with Crippen molar-refractivity contribution in [2.45, 2.75) is 13.5 Å². The van der Waals surface area contributed by atoms with Crippen molar-refractivity contribution in [3.05, 3.63) is 105 Å². The maximum Gasteiger partial charge on any atom is 0.279 e. The first kappa shape index (κ1) is 22.6. The quantitative estimate of drug-likeness (QED) is 0.468. The van der Waals surface area contributed by atoms with Gasteiger partial charge in [0.1, 0.15) is 10.7 Å². The third-order valence-electron chi connectivity index (χ3n) is 5.14. The zero-order chi connectivity index (χ0) is 23.5. The van der Waals surface area contributed by atoms with E-state index in [1.54, 1.807) is 36.4 Å². The molecule has 0 unspecified atom stereocenters. The Morgan fingerprint density at radius 3 is 2.21 bits per heavy atom. The van der Waals surface area contributed by atoms with E-state index in [0.29, 0.717) is 22.0 Å². The molecule has 4 rings (SSSR count). The number of benzene rings is 3. The SMILES string of the molecule is Cc1ccc(NC(=O)c2ccc(NC3=C(Cl)C(=O)N(Cc4ccccc4)C3=O)cc2)cc1Cl. The van der Waals surface area contributed by atoms with Crippen LogP contribution in [-0.4, -0.2) is 22.6 Å². The molecule has 1 heterocycles. The number of nitrogens with one attached hydrogen (secondary N) is 2. The third kappa shape index (κ3) is 4.92. The molecule has 3 aromatic carbocycles. The number of carbonyl (C=O) groups is 3. The molecular weight excluding hydrogens is 461 g/mol. The number of hydrogen-bond donors (Lipinski definition) is 2. The largest absolute Gasteiger partial charge is 0.350 e. The highest BCUT2D eigenvalue weighted by Gasteiger charge is 2.37. The maximum atomic E-state index is 12.8. The number of carbonyl (C=O) groups excluding carboxylic acids is 3. The zero-order valence-corrected chi connectivity index (χ0v) is 19.1. The fraction of sp³-hybridized carbons (Fsp3) is 0.0800. The summed E-state index contributed by atoms with van der Waals surface area (Å²) < 4.78 is 0. The van der Waals surface area contributed by atoms with Crippen LogP contribution in [0.2, 0.25) is 5.02 Å². The van der Waals surface area contributed by atoms with E-state index in [0.717, 1.165) is 16.0 Å². The average Bonchev–Trinajstić information content (AvgIpc) is 3.01. The van der Waals surface area contributed by atoms with Gasteiger partial charge in [-0.3, -0.25) is 19.3 Å². The molecule has 3 amide bonds. The second kappa shape index (κ2) is 9.48. The normalized spacial score (nSPS) is 13.5. The van der Waals surface area contributed by atoms with Gasteiger partial charge in [-0.25, -0.2) is 0 Å². The zero-order valence-electron chi connectivity index (χ0n) is 17.6. The molecule has 166 valence electrons. The molecule has 8 heteroatoms. The van der Waals surface area contributed by atoms with Crippen molar-refractivity contribution in [3.8, 4) is 0 Å². The molecule has 0 radical (unpaired) electrons. The van der Waals surface area contributed by atoms with Crippen LogP contribution >= 0.6 is 23.2 Å². The highest BCUT2D eigenvalue weighted by atomic mass is 35.5. The van der Waals surface area contributed by atoms with Crippen LogP contribution < -0.4 is 10.6 Å². The Kier molecular flexibility index (Phi) is 6.49. The Morgan fingerprint density at radius 1 is 0.879 bits per heavy atom. The average molecular weight is 480 g/mol. The smallest absolute Gasteiger partial charge is 0.279 e. The monoisotopic (exact) mass is 479 g/mol. The highest BCUT2D eigenvalue weighted by molar-refractivity contribution is 6.48. The van der Waals surface area contributed by atoms with Crippen LogP contribution in [-0.2, 0) is 16.1 Å². The van der Waals surface area contributed by atoms with Crippen LogP contribution in [0, 0.1) is 6.92 Å². The summed E-state index contributed by atoms with van der Waals surface area (Å²) >= 11 is 12.3. The van der Waals surface area contributed by atoms with Gasteiger partial charge < -0.3 is 10.6 Å². The lowest BCUT2D eigenvalue weighted by molar-refractivity contribution is -0.138. The lowest BCUT2D eigenvalue weighted by atomic mass is 10.1. The standard InChI is InChI=1S/C25H19Cl2N3O3/c1-15-7-10-19(13-20(15)26)29-23(31)17-8-11-18(12-9-17)28-22-21(27)24(32)30(25(22)33)14-16-5-3-2-4-6-16/h2-13,28H,14H2,1H3,(H,29,31). The molecule has 6 nitrogen and oxygen atoms in total. The summed E-state index contributed by atoms with van der Waals surface area (Å²) in [6, 6.07) is 20.9. The van der Waals surface area contributed by atoms with Crippen LogP contribution in [0.5, 0.6) is 0 Å². The molecule has 1 aliphatic heterocycles. The van der Waals surface area contributed by atoms with Crippen molar-refractivity contribution in [2.24, 2.45) is 0 Å². The predicted molar refractivity (Wildman–Crippen MR) is 129 cm³/mol. The molecule has 2 N–H and O–H groups in total. The van der Waals surface area contributed by atoms with E-state index < -0.39 is 11.8 Å². The Labute approximate surface area is 200 Å². The predicted octanol–water partition coefficient (Wildman–Crippen LogP) is 5.33. The Bertz CT molecular complexity index is 1270. The van der Waals surface area contributed by atoms with Gasteiger partial charge in [0.05, 0.1) is 6.54 Å². The van der Waals surface area contributed by atoms with E-state index in [9.17, 15) is 14.4 Å². The summed E-state index contributed by atoms with van der Waals surface area (Å²) in [5.41, 5.74) is 3.25. The molecular formula is C25H19Cl2N3O3. The Morgan fingerprint density at radius 2 is 1.55 bits per heavy atom. The van der Waals surface area contributed by atoms with Crippen molar-refractivity contribution in [3.63, 3.8) is 0 Å². The van der Waals surface area contributed by atoms with Gasteiger partial charge in [-0.05, 0) is 54.4 Å². The minimum atomic E-state index is -0.555. The first-order valence-corrected chi connectivity index (χ1v) is 10.8. The summed E-state index contributed by atoms with van der Waals surface area (Å²) in [7, 11) is 0. The summed E-state index contributed by atoms with van der Waals surface area (Å²) in [5.74, 6) is -1.37. The lowest BCUT2D eigenvalue weighted by Gasteiger charge is -2.15. The van der Waals surface area contributed by atoms with E-state index >= 15 is 0 Å². The molecule has 0 saturated carbocycles. The number of hydrogen-bond acceptors (Lipinski definition) is 4. The minimum absolute atomic E-state index is 0.00379. The van der Waals surface area contributed by atoms with Crippen LogP contribution in [0.25, 0.3) is 0 Å². The van der Waals surface area contributed by atoms with Gasteiger partial charge in [-0.15, -0.1) is 0 Å². The number of halogens is 2.